The van der Waals surface area contributed by atoms with E-state index in [0.717, 1.165) is 6.54 Å². The highest BCUT2D eigenvalue weighted by Gasteiger charge is 2.22. The number of imide groups is 1. The molecule has 26 heavy (non-hydrogen) atoms. The van der Waals surface area contributed by atoms with E-state index in [1.807, 2.05) is 25.2 Å². The maximum atomic E-state index is 11.8. The zero-order valence-electron chi connectivity index (χ0n) is 15.0. The van der Waals surface area contributed by atoms with Gasteiger partial charge in [0.1, 0.15) is 0 Å². The highest BCUT2D eigenvalue weighted by atomic mass is 16.2. The van der Waals surface area contributed by atoms with Crippen LogP contribution in [-0.2, 0) is 16.1 Å². The molecule has 7 nitrogen and oxygen atoms in total. The molecule has 0 spiro atoms. The first-order valence-corrected chi connectivity index (χ1v) is 8.58. The summed E-state index contributed by atoms with van der Waals surface area (Å²) in [4.78, 5) is 37.9. The van der Waals surface area contributed by atoms with Gasteiger partial charge in [-0.1, -0.05) is 42.2 Å². The molecular weight excluding hydrogens is 332 g/mol. The van der Waals surface area contributed by atoms with E-state index in [0.29, 0.717) is 13.1 Å². The number of carbonyl (C=O) groups is 3. The predicted octanol–water partition coefficient (Wildman–Crippen LogP) is 0.570. The van der Waals surface area contributed by atoms with Crippen molar-refractivity contribution in [3.05, 3.63) is 35.9 Å². The molecule has 1 fully saturated rings. The van der Waals surface area contributed by atoms with Crippen LogP contribution < -0.4 is 10.6 Å². The zero-order chi connectivity index (χ0) is 18.8. The van der Waals surface area contributed by atoms with Crippen LogP contribution in [0.3, 0.4) is 0 Å². The molecule has 0 aliphatic carbocycles. The topological polar surface area (TPSA) is 81.8 Å². The van der Waals surface area contributed by atoms with Crippen molar-refractivity contribution in [1.29, 1.82) is 0 Å². The number of benzene rings is 1. The summed E-state index contributed by atoms with van der Waals surface area (Å²) in [5.74, 6) is 5.51. The van der Waals surface area contributed by atoms with E-state index in [1.165, 1.54) is 10.5 Å². The molecule has 0 bridgehead atoms. The first-order chi connectivity index (χ1) is 12.5. The minimum atomic E-state index is -0.435. The van der Waals surface area contributed by atoms with E-state index in [-0.39, 0.29) is 37.7 Å². The Morgan fingerprint density at radius 2 is 2.04 bits per heavy atom. The van der Waals surface area contributed by atoms with Crippen LogP contribution in [0.5, 0.6) is 0 Å². The molecule has 7 heteroatoms. The summed E-state index contributed by atoms with van der Waals surface area (Å²) in [5, 5.41) is 4.94. The lowest BCUT2D eigenvalue weighted by molar-refractivity contribution is -0.121. The van der Waals surface area contributed by atoms with Gasteiger partial charge in [-0.05, 0) is 12.6 Å². The number of amides is 4. The van der Waals surface area contributed by atoms with Crippen LogP contribution in [0, 0.1) is 11.8 Å². The maximum Gasteiger partial charge on any atom is 0.324 e. The molecule has 1 aliphatic rings. The van der Waals surface area contributed by atoms with Crippen LogP contribution in [0.2, 0.25) is 0 Å². The lowest BCUT2D eigenvalue weighted by Gasteiger charge is -2.26. The first kappa shape index (κ1) is 19.5. The Kier molecular flexibility index (Phi) is 7.65. The Bertz CT molecular complexity index is 694. The quantitative estimate of drug-likeness (QED) is 0.700. The standard InChI is InChI=1S/C19H24N4O3/c1-22(15-16-7-3-2-4-8-16)12-6-5-11-20-17(24)9-13-23-14-10-18(25)21-19(23)26/h2-4,7-8H,9-15H2,1H3,(H,20,24)(H,21,25,26). The highest BCUT2D eigenvalue weighted by molar-refractivity contribution is 5.96. The van der Waals surface area contributed by atoms with Gasteiger partial charge in [-0.2, -0.15) is 0 Å². The van der Waals surface area contributed by atoms with E-state index in [4.69, 9.17) is 0 Å². The molecule has 2 rings (SSSR count). The van der Waals surface area contributed by atoms with Crippen molar-refractivity contribution in [3.63, 3.8) is 0 Å². The summed E-state index contributed by atoms with van der Waals surface area (Å²) in [6.45, 7) is 2.36. The number of carbonyl (C=O) groups excluding carboxylic acids is 3. The van der Waals surface area contributed by atoms with Gasteiger partial charge in [0.15, 0.2) is 0 Å². The number of nitrogens with one attached hydrogen (secondary N) is 2. The van der Waals surface area contributed by atoms with E-state index in [2.05, 4.69) is 39.5 Å². The Hall–Kier alpha value is -2.85. The summed E-state index contributed by atoms with van der Waals surface area (Å²) in [6, 6.07) is 9.72. The smallest absolute Gasteiger partial charge is 0.324 e. The van der Waals surface area contributed by atoms with Gasteiger partial charge in [0.25, 0.3) is 0 Å². The number of urea groups is 1. The van der Waals surface area contributed by atoms with Crippen LogP contribution in [0.25, 0.3) is 0 Å². The maximum absolute atomic E-state index is 11.8. The lowest BCUT2D eigenvalue weighted by Crippen LogP contribution is -2.50. The Labute approximate surface area is 153 Å². The van der Waals surface area contributed by atoms with Gasteiger partial charge >= 0.3 is 6.03 Å². The number of nitrogens with zero attached hydrogens (tertiary/aromatic N) is 2. The second-order valence-corrected chi connectivity index (χ2v) is 6.13. The molecule has 1 aromatic carbocycles. The van der Waals surface area contributed by atoms with Crippen molar-refractivity contribution >= 4 is 17.8 Å². The summed E-state index contributed by atoms with van der Waals surface area (Å²) in [5.41, 5.74) is 1.23. The summed E-state index contributed by atoms with van der Waals surface area (Å²) in [6.07, 6.45) is 0.465. The fraction of sp³-hybridized carbons (Fsp3) is 0.421. The third-order valence-electron chi connectivity index (χ3n) is 3.89. The van der Waals surface area contributed by atoms with E-state index < -0.39 is 6.03 Å². The average Bonchev–Trinajstić information content (AvgIpc) is 2.61. The fourth-order valence-electron chi connectivity index (χ4n) is 2.48. The number of hydrogen-bond acceptors (Lipinski definition) is 4. The van der Waals surface area contributed by atoms with Crippen LogP contribution in [-0.4, -0.2) is 60.9 Å². The van der Waals surface area contributed by atoms with E-state index >= 15 is 0 Å². The highest BCUT2D eigenvalue weighted by Crippen LogP contribution is 2.02. The molecule has 0 unspecified atom stereocenters. The van der Waals surface area contributed by atoms with Gasteiger partial charge in [-0.3, -0.25) is 19.8 Å². The molecule has 138 valence electrons. The first-order valence-electron chi connectivity index (χ1n) is 8.58. The molecule has 1 aromatic rings. The van der Waals surface area contributed by atoms with Gasteiger partial charge in [-0.15, -0.1) is 0 Å². The molecule has 2 N–H and O–H groups in total. The molecular formula is C19H24N4O3. The minimum Gasteiger partial charge on any atom is -0.345 e. The Morgan fingerprint density at radius 3 is 2.77 bits per heavy atom. The third kappa shape index (κ3) is 6.95. The number of hydrogen-bond donors (Lipinski definition) is 2. The summed E-state index contributed by atoms with van der Waals surface area (Å²) < 4.78 is 0. The monoisotopic (exact) mass is 356 g/mol. The second kappa shape index (κ2) is 10.2. The van der Waals surface area contributed by atoms with Crippen molar-refractivity contribution in [3.8, 4) is 11.8 Å². The van der Waals surface area contributed by atoms with Crippen molar-refractivity contribution in [1.82, 2.24) is 20.4 Å². The average molecular weight is 356 g/mol. The predicted molar refractivity (Wildman–Crippen MR) is 97.9 cm³/mol. The zero-order valence-corrected chi connectivity index (χ0v) is 15.0. The fourth-order valence-corrected chi connectivity index (χ4v) is 2.48. The molecule has 0 aromatic heterocycles. The SMILES string of the molecule is CN(CC#CCNC(=O)CCN1CCC(=O)NC1=O)Cc1ccccc1. The molecule has 0 radical (unpaired) electrons. The molecule has 1 heterocycles. The van der Waals surface area contributed by atoms with Crippen LogP contribution >= 0.6 is 0 Å². The van der Waals surface area contributed by atoms with Gasteiger partial charge < -0.3 is 10.2 Å². The van der Waals surface area contributed by atoms with Crippen molar-refractivity contribution in [2.45, 2.75) is 19.4 Å². The third-order valence-corrected chi connectivity index (χ3v) is 3.89. The molecule has 1 aliphatic heterocycles. The minimum absolute atomic E-state index is 0.165. The lowest BCUT2D eigenvalue weighted by atomic mass is 10.2. The summed E-state index contributed by atoms with van der Waals surface area (Å²) in [7, 11) is 1.99. The van der Waals surface area contributed by atoms with Crippen LogP contribution in [0.15, 0.2) is 30.3 Å². The van der Waals surface area contributed by atoms with Crippen molar-refractivity contribution < 1.29 is 14.4 Å². The Morgan fingerprint density at radius 1 is 1.27 bits per heavy atom. The van der Waals surface area contributed by atoms with Gasteiger partial charge in [-0.25, -0.2) is 4.79 Å². The van der Waals surface area contributed by atoms with Gasteiger partial charge in [0, 0.05) is 32.5 Å². The van der Waals surface area contributed by atoms with Gasteiger partial charge in [0.2, 0.25) is 11.8 Å². The van der Waals surface area contributed by atoms with E-state index in [9.17, 15) is 14.4 Å². The largest absolute Gasteiger partial charge is 0.345 e. The van der Waals surface area contributed by atoms with Crippen molar-refractivity contribution in [2.24, 2.45) is 0 Å². The summed E-state index contributed by atoms with van der Waals surface area (Å²) >= 11 is 0. The van der Waals surface area contributed by atoms with E-state index in [1.54, 1.807) is 0 Å². The van der Waals surface area contributed by atoms with Crippen LogP contribution in [0.4, 0.5) is 4.79 Å². The number of rotatable bonds is 7. The molecule has 0 saturated carbocycles. The Balaban J connectivity index is 1.59. The van der Waals surface area contributed by atoms with Crippen LogP contribution in [0.1, 0.15) is 18.4 Å². The normalized spacial score (nSPS) is 13.8. The molecule has 1 saturated heterocycles. The molecule has 0 atom stereocenters. The second-order valence-electron chi connectivity index (χ2n) is 6.13. The van der Waals surface area contributed by atoms with Gasteiger partial charge in [0.05, 0.1) is 13.1 Å². The van der Waals surface area contributed by atoms with Crippen molar-refractivity contribution in [2.75, 3.05) is 33.2 Å². The molecule has 4 amide bonds.